The van der Waals surface area contributed by atoms with Crippen LogP contribution >= 0.6 is 11.6 Å². The highest BCUT2D eigenvalue weighted by Gasteiger charge is 2.00. The lowest BCUT2D eigenvalue weighted by atomic mass is 10.0. The monoisotopic (exact) mass is 432 g/mol. The van der Waals surface area contributed by atoms with Gasteiger partial charge in [0.05, 0.1) is 12.2 Å². The zero-order chi connectivity index (χ0) is 21.9. The molecule has 0 heterocycles. The van der Waals surface area contributed by atoms with E-state index in [2.05, 4.69) is 48.3 Å². The predicted octanol–water partition coefficient (Wildman–Crippen LogP) is 7.40. The summed E-state index contributed by atoms with van der Waals surface area (Å²) in [5.41, 5.74) is 3.73. The molecule has 3 heteroatoms. The number of rotatable bonds is 8. The normalized spacial score (nSPS) is 10.7. The summed E-state index contributed by atoms with van der Waals surface area (Å²) in [4.78, 5) is 0. The van der Waals surface area contributed by atoms with Gasteiger partial charge in [-0.05, 0) is 86.2 Å². The van der Waals surface area contributed by atoms with Crippen LogP contribution in [0, 0.1) is 17.7 Å². The minimum atomic E-state index is -0.401. The maximum atomic E-state index is 13.8. The van der Waals surface area contributed by atoms with Crippen LogP contribution in [0.25, 0.3) is 0 Å². The van der Waals surface area contributed by atoms with Crippen LogP contribution in [0.3, 0.4) is 0 Å². The second-order valence-electron chi connectivity index (χ2n) is 7.27. The Balaban J connectivity index is 1.48. The number of allylic oxidation sites excluding steroid dienone is 2. The first-order chi connectivity index (χ1) is 15.1. The van der Waals surface area contributed by atoms with Crippen LogP contribution < -0.4 is 4.74 Å². The Morgan fingerprint density at radius 3 is 2.23 bits per heavy atom. The lowest BCUT2D eigenvalue weighted by Crippen LogP contribution is -1.97. The van der Waals surface area contributed by atoms with Gasteiger partial charge in [-0.25, -0.2) is 4.39 Å². The topological polar surface area (TPSA) is 9.23 Å². The van der Waals surface area contributed by atoms with Gasteiger partial charge < -0.3 is 4.74 Å². The number of hydrogen-bond donors (Lipinski definition) is 0. The molecule has 3 rings (SSSR count). The Morgan fingerprint density at radius 2 is 1.58 bits per heavy atom. The standard InChI is InChI=1S/C28H26ClFO/c1-2-3-4-5-20-31-27-18-13-24(14-19-27)11-8-22-6-9-23(10-7-22)12-15-25-16-17-26(29)21-28(25)30/h2-3,6-7,9-10,13-14,16-19,21H,4-5,8,11,20H2,1H3/b3-2+. The van der Waals surface area contributed by atoms with Crippen molar-refractivity contribution in [3.05, 3.63) is 112 Å². The molecule has 158 valence electrons. The van der Waals surface area contributed by atoms with Gasteiger partial charge in [-0.3, -0.25) is 0 Å². The third kappa shape index (κ3) is 7.63. The summed E-state index contributed by atoms with van der Waals surface area (Å²) in [5, 5.41) is 0.370. The fraction of sp³-hybridized carbons (Fsp3) is 0.214. The van der Waals surface area contributed by atoms with Crippen molar-refractivity contribution in [2.24, 2.45) is 0 Å². The summed E-state index contributed by atoms with van der Waals surface area (Å²) in [6.45, 7) is 2.77. The largest absolute Gasteiger partial charge is 0.494 e. The van der Waals surface area contributed by atoms with Crippen molar-refractivity contribution in [1.82, 2.24) is 0 Å². The summed E-state index contributed by atoms with van der Waals surface area (Å²) in [7, 11) is 0. The molecule has 0 atom stereocenters. The van der Waals surface area contributed by atoms with Crippen LogP contribution in [0.15, 0.2) is 78.9 Å². The summed E-state index contributed by atoms with van der Waals surface area (Å²) in [6, 6.07) is 20.9. The molecule has 3 aromatic carbocycles. The average Bonchev–Trinajstić information content (AvgIpc) is 2.78. The Bertz CT molecular complexity index is 1060. The van der Waals surface area contributed by atoms with E-state index in [0.29, 0.717) is 10.6 Å². The Kier molecular flexibility index (Phi) is 8.76. The van der Waals surface area contributed by atoms with Gasteiger partial charge >= 0.3 is 0 Å². The van der Waals surface area contributed by atoms with Crippen molar-refractivity contribution in [2.75, 3.05) is 6.61 Å². The molecule has 0 amide bonds. The van der Waals surface area contributed by atoms with Crippen LogP contribution in [0.1, 0.15) is 42.0 Å². The fourth-order valence-corrected chi connectivity index (χ4v) is 3.24. The molecule has 3 aromatic rings. The van der Waals surface area contributed by atoms with Gasteiger partial charge in [0.1, 0.15) is 11.6 Å². The van der Waals surface area contributed by atoms with E-state index in [-0.39, 0.29) is 0 Å². The van der Waals surface area contributed by atoms with Gasteiger partial charge in [-0.1, -0.05) is 59.9 Å². The van der Waals surface area contributed by atoms with Crippen molar-refractivity contribution in [1.29, 1.82) is 0 Å². The summed E-state index contributed by atoms with van der Waals surface area (Å²) in [5.74, 6) is 6.39. The van der Waals surface area contributed by atoms with E-state index < -0.39 is 5.82 Å². The third-order valence-corrected chi connectivity index (χ3v) is 5.11. The lowest BCUT2D eigenvalue weighted by Gasteiger charge is -2.07. The number of aryl methyl sites for hydroxylation is 2. The number of unbranched alkanes of at least 4 members (excludes halogenated alkanes) is 1. The van der Waals surface area contributed by atoms with E-state index in [1.807, 2.05) is 31.2 Å². The van der Waals surface area contributed by atoms with E-state index in [1.54, 1.807) is 12.1 Å². The fourth-order valence-electron chi connectivity index (χ4n) is 3.08. The summed E-state index contributed by atoms with van der Waals surface area (Å²) in [6.07, 6.45) is 8.22. The van der Waals surface area contributed by atoms with Crippen LogP contribution in [0.5, 0.6) is 5.75 Å². The average molecular weight is 433 g/mol. The Labute approximate surface area is 189 Å². The minimum Gasteiger partial charge on any atom is -0.494 e. The highest BCUT2D eigenvalue weighted by molar-refractivity contribution is 6.30. The molecule has 0 fully saturated rings. The molecule has 0 saturated carbocycles. The van der Waals surface area contributed by atoms with E-state index in [0.717, 1.165) is 43.6 Å². The molecule has 0 unspecified atom stereocenters. The number of hydrogen-bond acceptors (Lipinski definition) is 1. The second kappa shape index (κ2) is 12.0. The SMILES string of the molecule is C/C=C/CCCOc1ccc(CCc2ccc(C#Cc3ccc(Cl)cc3F)cc2)cc1. The molecule has 0 saturated heterocycles. The zero-order valence-corrected chi connectivity index (χ0v) is 18.5. The van der Waals surface area contributed by atoms with E-state index in [9.17, 15) is 4.39 Å². The van der Waals surface area contributed by atoms with Gasteiger partial charge in [0.25, 0.3) is 0 Å². The molecular formula is C28H26ClFO. The van der Waals surface area contributed by atoms with Crippen molar-refractivity contribution in [2.45, 2.75) is 32.6 Å². The molecule has 1 nitrogen and oxygen atoms in total. The van der Waals surface area contributed by atoms with Crippen molar-refractivity contribution in [3.8, 4) is 17.6 Å². The molecule has 0 radical (unpaired) electrons. The minimum absolute atomic E-state index is 0.346. The van der Waals surface area contributed by atoms with Crippen LogP contribution in [0.2, 0.25) is 5.02 Å². The van der Waals surface area contributed by atoms with Gasteiger partial charge in [-0.15, -0.1) is 0 Å². The summed E-state index contributed by atoms with van der Waals surface area (Å²) < 4.78 is 19.6. The molecule has 0 spiro atoms. The van der Waals surface area contributed by atoms with Crippen molar-refractivity contribution in [3.63, 3.8) is 0 Å². The summed E-state index contributed by atoms with van der Waals surface area (Å²) >= 11 is 5.77. The number of halogens is 2. The number of ether oxygens (including phenoxy) is 1. The van der Waals surface area contributed by atoms with Gasteiger partial charge in [-0.2, -0.15) is 0 Å². The number of benzene rings is 3. The quantitative estimate of drug-likeness (QED) is 0.205. The van der Waals surface area contributed by atoms with Crippen molar-refractivity contribution < 1.29 is 9.13 Å². The van der Waals surface area contributed by atoms with E-state index in [4.69, 9.17) is 16.3 Å². The first kappa shape index (κ1) is 22.7. The molecule has 0 bridgehead atoms. The molecule has 0 aliphatic rings. The van der Waals surface area contributed by atoms with E-state index in [1.165, 1.54) is 17.2 Å². The van der Waals surface area contributed by atoms with Gasteiger partial charge in [0, 0.05) is 10.6 Å². The Morgan fingerprint density at radius 1 is 0.903 bits per heavy atom. The van der Waals surface area contributed by atoms with E-state index >= 15 is 0 Å². The molecule has 0 aliphatic heterocycles. The maximum Gasteiger partial charge on any atom is 0.140 e. The van der Waals surface area contributed by atoms with Crippen LogP contribution in [0.4, 0.5) is 4.39 Å². The smallest absolute Gasteiger partial charge is 0.140 e. The molecule has 0 N–H and O–H groups in total. The van der Waals surface area contributed by atoms with Gasteiger partial charge in [0.2, 0.25) is 0 Å². The second-order valence-corrected chi connectivity index (χ2v) is 7.71. The Hall–Kier alpha value is -3.02. The third-order valence-electron chi connectivity index (χ3n) is 4.87. The van der Waals surface area contributed by atoms with Crippen LogP contribution in [-0.4, -0.2) is 6.61 Å². The predicted molar refractivity (Wildman–Crippen MR) is 127 cm³/mol. The zero-order valence-electron chi connectivity index (χ0n) is 17.7. The van der Waals surface area contributed by atoms with Crippen LogP contribution in [-0.2, 0) is 12.8 Å². The highest BCUT2D eigenvalue weighted by Crippen LogP contribution is 2.16. The van der Waals surface area contributed by atoms with Gasteiger partial charge in [0.15, 0.2) is 0 Å². The molecule has 31 heavy (non-hydrogen) atoms. The molecule has 0 aliphatic carbocycles. The maximum absolute atomic E-state index is 13.8. The molecular weight excluding hydrogens is 407 g/mol. The van der Waals surface area contributed by atoms with Crippen molar-refractivity contribution >= 4 is 11.6 Å². The first-order valence-electron chi connectivity index (χ1n) is 10.5. The molecule has 0 aromatic heterocycles. The highest BCUT2D eigenvalue weighted by atomic mass is 35.5. The lowest BCUT2D eigenvalue weighted by molar-refractivity contribution is 0.312. The first-order valence-corrected chi connectivity index (χ1v) is 10.9.